The fourth-order valence-electron chi connectivity index (χ4n) is 4.08. The standard InChI is InChI=1S/C32H27N5O4S2/c1-21(30(39)35-28-19-29(38)37(36-28)25-12-6-3-7-13-25)43-26-14-8-11-24(18-26)33-32(41)27(17-22-15-16-42-20-22)34-31(40)23-9-4-2-5-10-23/h2-18,20-21H,19H2,1H3,(H,33,41)(H,34,40)(H,35,36,39)/b27-17-. The van der Waals surface area contributed by atoms with Gasteiger partial charge < -0.3 is 16.0 Å². The van der Waals surface area contributed by atoms with E-state index in [-0.39, 0.29) is 29.8 Å². The molecule has 1 atom stereocenters. The van der Waals surface area contributed by atoms with E-state index in [9.17, 15) is 19.2 Å². The summed E-state index contributed by atoms with van der Waals surface area (Å²) in [6, 6.07) is 26.6. The molecule has 4 amide bonds. The third-order valence-corrected chi connectivity index (χ3v) is 8.00. The summed E-state index contributed by atoms with van der Waals surface area (Å²) in [6.45, 7) is 1.75. The second-order valence-corrected chi connectivity index (χ2v) is 11.6. The molecule has 1 aliphatic rings. The second kappa shape index (κ2) is 13.8. The van der Waals surface area contributed by atoms with Crippen LogP contribution in [0.3, 0.4) is 0 Å². The number of rotatable bonds is 9. The molecule has 0 saturated carbocycles. The fraction of sp³-hybridized carbons (Fsp3) is 0.0938. The van der Waals surface area contributed by atoms with Gasteiger partial charge in [0.15, 0.2) is 0 Å². The first-order valence-corrected chi connectivity index (χ1v) is 15.1. The number of hydrazone groups is 1. The first-order chi connectivity index (χ1) is 20.9. The number of hydrogen-bond acceptors (Lipinski definition) is 7. The van der Waals surface area contributed by atoms with Gasteiger partial charge in [-0.2, -0.15) is 21.4 Å². The van der Waals surface area contributed by atoms with Crippen molar-refractivity contribution in [3.05, 3.63) is 119 Å². The molecule has 3 N–H and O–H groups in total. The molecule has 43 heavy (non-hydrogen) atoms. The summed E-state index contributed by atoms with van der Waals surface area (Å²) in [4.78, 5) is 52.2. The Morgan fingerprint density at radius 1 is 0.953 bits per heavy atom. The van der Waals surface area contributed by atoms with Gasteiger partial charge in [0.2, 0.25) is 5.91 Å². The zero-order chi connectivity index (χ0) is 30.2. The Morgan fingerprint density at radius 2 is 1.70 bits per heavy atom. The predicted octanol–water partition coefficient (Wildman–Crippen LogP) is 5.50. The smallest absolute Gasteiger partial charge is 0.272 e. The molecule has 11 heteroatoms. The van der Waals surface area contributed by atoms with Crippen LogP contribution in [-0.2, 0) is 14.4 Å². The zero-order valence-electron chi connectivity index (χ0n) is 23.0. The van der Waals surface area contributed by atoms with Crippen molar-refractivity contribution in [3.8, 4) is 0 Å². The summed E-state index contributed by atoms with van der Waals surface area (Å²) in [6.07, 6.45) is 1.62. The number of nitrogens with zero attached hydrogens (tertiary/aromatic N) is 2. The van der Waals surface area contributed by atoms with Gasteiger partial charge in [-0.15, -0.1) is 11.8 Å². The molecule has 3 aromatic carbocycles. The number of amidine groups is 1. The van der Waals surface area contributed by atoms with Crippen LogP contribution in [0.25, 0.3) is 6.08 Å². The molecule has 0 radical (unpaired) electrons. The van der Waals surface area contributed by atoms with Crippen LogP contribution in [0.15, 0.2) is 117 Å². The lowest BCUT2D eigenvalue weighted by Crippen LogP contribution is -2.35. The molecular formula is C32H27N5O4S2. The van der Waals surface area contributed by atoms with Crippen LogP contribution in [0.5, 0.6) is 0 Å². The summed E-state index contributed by atoms with van der Waals surface area (Å²) in [5.41, 5.74) is 2.43. The van der Waals surface area contributed by atoms with E-state index in [1.54, 1.807) is 67.6 Å². The highest BCUT2D eigenvalue weighted by Crippen LogP contribution is 2.27. The number of benzene rings is 3. The minimum absolute atomic E-state index is 0.00157. The van der Waals surface area contributed by atoms with Crippen molar-refractivity contribution in [3.63, 3.8) is 0 Å². The molecule has 1 aliphatic heterocycles. The van der Waals surface area contributed by atoms with Crippen molar-refractivity contribution in [1.29, 1.82) is 0 Å². The van der Waals surface area contributed by atoms with Gasteiger partial charge in [0, 0.05) is 16.1 Å². The number of anilines is 2. The quantitative estimate of drug-likeness (QED) is 0.171. The molecule has 0 aliphatic carbocycles. The van der Waals surface area contributed by atoms with E-state index in [4.69, 9.17) is 0 Å². The SMILES string of the molecule is CC(Sc1cccc(NC(=O)/C(=C/c2ccsc2)NC(=O)c2ccccc2)c1)C(=O)NC1=NN(c2ccccc2)C(=O)C1. The minimum atomic E-state index is -0.520. The lowest BCUT2D eigenvalue weighted by Gasteiger charge is -2.14. The van der Waals surface area contributed by atoms with Gasteiger partial charge in [0.1, 0.15) is 11.5 Å². The molecule has 5 rings (SSSR count). The van der Waals surface area contributed by atoms with Crippen LogP contribution in [-0.4, -0.2) is 34.7 Å². The second-order valence-electron chi connectivity index (χ2n) is 9.43. The maximum absolute atomic E-state index is 13.3. The zero-order valence-corrected chi connectivity index (χ0v) is 24.7. The van der Waals surface area contributed by atoms with Gasteiger partial charge in [-0.3, -0.25) is 19.2 Å². The lowest BCUT2D eigenvalue weighted by molar-refractivity contribution is -0.119. The van der Waals surface area contributed by atoms with Crippen molar-refractivity contribution in [2.24, 2.45) is 5.10 Å². The lowest BCUT2D eigenvalue weighted by atomic mass is 10.2. The average molecular weight is 610 g/mol. The van der Waals surface area contributed by atoms with E-state index >= 15 is 0 Å². The van der Waals surface area contributed by atoms with Crippen molar-refractivity contribution in [2.45, 2.75) is 23.5 Å². The molecule has 9 nitrogen and oxygen atoms in total. The van der Waals surface area contributed by atoms with Crippen molar-refractivity contribution < 1.29 is 19.2 Å². The third kappa shape index (κ3) is 7.85. The Morgan fingerprint density at radius 3 is 2.42 bits per heavy atom. The molecule has 0 saturated heterocycles. The van der Waals surface area contributed by atoms with E-state index in [1.165, 1.54) is 28.1 Å². The predicted molar refractivity (Wildman–Crippen MR) is 171 cm³/mol. The minimum Gasteiger partial charge on any atom is -0.321 e. The third-order valence-electron chi connectivity index (χ3n) is 6.20. The Kier molecular flexibility index (Phi) is 9.45. The van der Waals surface area contributed by atoms with E-state index in [0.29, 0.717) is 16.9 Å². The topological polar surface area (TPSA) is 120 Å². The van der Waals surface area contributed by atoms with Gasteiger partial charge in [-0.05, 0) is 77.9 Å². The molecule has 1 unspecified atom stereocenters. The van der Waals surface area contributed by atoms with Crippen LogP contribution in [0, 0.1) is 0 Å². The summed E-state index contributed by atoms with van der Waals surface area (Å²) in [5, 5.41) is 17.1. The van der Waals surface area contributed by atoms with Gasteiger partial charge in [0.25, 0.3) is 17.7 Å². The average Bonchev–Trinajstić information content (AvgIpc) is 3.67. The van der Waals surface area contributed by atoms with Crippen molar-refractivity contribution in [1.82, 2.24) is 10.6 Å². The van der Waals surface area contributed by atoms with Gasteiger partial charge in [0.05, 0.1) is 17.4 Å². The number of thiophene rings is 1. The molecule has 2 heterocycles. The van der Waals surface area contributed by atoms with Gasteiger partial charge >= 0.3 is 0 Å². The highest BCUT2D eigenvalue weighted by Gasteiger charge is 2.27. The van der Waals surface area contributed by atoms with E-state index < -0.39 is 17.1 Å². The van der Waals surface area contributed by atoms with Crippen LogP contribution in [0.1, 0.15) is 29.3 Å². The number of para-hydroxylation sites is 1. The Balaban J connectivity index is 1.23. The first-order valence-electron chi connectivity index (χ1n) is 13.3. The van der Waals surface area contributed by atoms with Crippen LogP contribution in [0.4, 0.5) is 11.4 Å². The molecule has 1 aromatic heterocycles. The van der Waals surface area contributed by atoms with Crippen molar-refractivity contribution in [2.75, 3.05) is 10.3 Å². The van der Waals surface area contributed by atoms with E-state index in [2.05, 4.69) is 21.1 Å². The summed E-state index contributed by atoms with van der Waals surface area (Å²) in [5.74, 6) is -1.13. The van der Waals surface area contributed by atoms with Gasteiger partial charge in [-0.25, -0.2) is 0 Å². The molecule has 0 spiro atoms. The van der Waals surface area contributed by atoms with E-state index in [1.807, 2.05) is 47.2 Å². The Bertz CT molecular complexity index is 1690. The normalized spacial score (nSPS) is 13.7. The number of hydrogen-bond donors (Lipinski definition) is 3. The monoisotopic (exact) mass is 609 g/mol. The van der Waals surface area contributed by atoms with Crippen LogP contribution in [0.2, 0.25) is 0 Å². The van der Waals surface area contributed by atoms with E-state index in [0.717, 1.165) is 10.5 Å². The van der Waals surface area contributed by atoms with Crippen LogP contribution >= 0.6 is 23.1 Å². The summed E-state index contributed by atoms with van der Waals surface area (Å²) in [7, 11) is 0. The molecule has 216 valence electrons. The van der Waals surface area contributed by atoms with Gasteiger partial charge in [-0.1, -0.05) is 42.5 Å². The molecule has 4 aromatic rings. The summed E-state index contributed by atoms with van der Waals surface area (Å²) < 4.78 is 0. The maximum atomic E-state index is 13.3. The number of carbonyl (C=O) groups is 4. The van der Waals surface area contributed by atoms with Crippen molar-refractivity contribution >= 4 is 70.0 Å². The molecule has 0 fully saturated rings. The largest absolute Gasteiger partial charge is 0.321 e. The number of carbonyl (C=O) groups excluding carboxylic acids is 4. The number of amides is 4. The maximum Gasteiger partial charge on any atom is 0.272 e. The highest BCUT2D eigenvalue weighted by atomic mass is 32.2. The fourth-order valence-corrected chi connectivity index (χ4v) is 5.63. The molecular weight excluding hydrogens is 583 g/mol. The molecule has 0 bridgehead atoms. The Labute approximate surface area is 256 Å². The Hall–Kier alpha value is -5.00. The summed E-state index contributed by atoms with van der Waals surface area (Å²) >= 11 is 2.78. The number of nitrogens with one attached hydrogen (secondary N) is 3. The van der Waals surface area contributed by atoms with Crippen LogP contribution < -0.4 is 21.0 Å². The number of thioether (sulfide) groups is 1. The highest BCUT2D eigenvalue weighted by molar-refractivity contribution is 8.00. The first kappa shape index (κ1) is 29.5.